The van der Waals surface area contributed by atoms with Crippen LogP contribution in [0.1, 0.15) is 36.2 Å². The van der Waals surface area contributed by atoms with Gasteiger partial charge in [-0.3, -0.25) is 14.3 Å². The Labute approximate surface area is 203 Å². The van der Waals surface area contributed by atoms with Crippen LogP contribution in [-0.2, 0) is 22.4 Å². The van der Waals surface area contributed by atoms with Gasteiger partial charge < -0.3 is 9.84 Å². The first kappa shape index (κ1) is 22.7. The topological polar surface area (TPSA) is 84.7 Å². The summed E-state index contributed by atoms with van der Waals surface area (Å²) in [5.41, 5.74) is 5.11. The van der Waals surface area contributed by atoms with Crippen LogP contribution in [0.5, 0.6) is 0 Å². The van der Waals surface area contributed by atoms with E-state index in [4.69, 9.17) is 9.72 Å². The van der Waals surface area contributed by atoms with E-state index in [2.05, 4.69) is 0 Å². The van der Waals surface area contributed by atoms with Gasteiger partial charge in [-0.15, -0.1) is 0 Å². The molecule has 3 aromatic carbocycles. The van der Waals surface area contributed by atoms with Gasteiger partial charge in [0.25, 0.3) is 0 Å². The number of carbonyl (C=O) groups is 2. The molecule has 1 aliphatic heterocycles. The third-order valence-electron chi connectivity index (χ3n) is 6.76. The molecule has 178 valence electrons. The van der Waals surface area contributed by atoms with E-state index in [9.17, 15) is 14.7 Å². The number of carboxylic acids is 1. The summed E-state index contributed by atoms with van der Waals surface area (Å²) in [6.07, 6.45) is 1.40. The highest BCUT2D eigenvalue weighted by Gasteiger charge is 2.32. The van der Waals surface area contributed by atoms with Crippen LogP contribution in [0.25, 0.3) is 16.7 Å². The Morgan fingerprint density at radius 1 is 1.06 bits per heavy atom. The lowest BCUT2D eigenvalue weighted by molar-refractivity contribution is -0.138. The smallest absolute Gasteiger partial charge is 0.414 e. The third kappa shape index (κ3) is 4.03. The van der Waals surface area contributed by atoms with Crippen molar-refractivity contribution >= 4 is 28.8 Å². The molecule has 2 atom stereocenters. The zero-order chi connectivity index (χ0) is 24.5. The van der Waals surface area contributed by atoms with E-state index in [-0.39, 0.29) is 12.5 Å². The fraction of sp³-hybridized carbons (Fsp3) is 0.250. The summed E-state index contributed by atoms with van der Waals surface area (Å²) in [6, 6.07) is 23.0. The fourth-order valence-electron chi connectivity index (χ4n) is 5.02. The van der Waals surface area contributed by atoms with E-state index in [0.29, 0.717) is 5.82 Å². The number of anilines is 1. The molecule has 0 unspecified atom stereocenters. The Balaban J connectivity index is 1.70. The number of nitrogens with zero attached hydrogens (tertiary/aromatic N) is 3. The first-order chi connectivity index (χ1) is 17.0. The molecule has 5 rings (SSSR count). The lowest BCUT2D eigenvalue weighted by Gasteiger charge is -2.34. The van der Waals surface area contributed by atoms with Gasteiger partial charge in [0.15, 0.2) is 0 Å². The van der Waals surface area contributed by atoms with E-state index >= 15 is 0 Å². The SMILES string of the molecule is COC(=O)N1c2ccc3c(nc(C[C@H](C(=O)O)c4ccccc4)n3-c3ccccc3)c2CC[C@@H]1C. The third-order valence-corrected chi connectivity index (χ3v) is 6.76. The highest BCUT2D eigenvalue weighted by atomic mass is 16.5. The largest absolute Gasteiger partial charge is 0.481 e. The lowest BCUT2D eigenvalue weighted by atomic mass is 9.95. The second-order valence-electron chi connectivity index (χ2n) is 8.86. The summed E-state index contributed by atoms with van der Waals surface area (Å²) in [4.78, 5) is 31.6. The van der Waals surface area contributed by atoms with Gasteiger partial charge in [0.1, 0.15) is 5.82 Å². The standard InChI is InChI=1S/C28H27N3O4/c1-18-13-14-21-23(30(18)28(34)35-2)15-16-24-26(21)29-25(31(24)20-11-7-4-8-12-20)17-22(27(32)33)19-9-5-3-6-10-19/h3-12,15-16,18,22H,13-14,17H2,1-2H3,(H,32,33)/t18-,22-/m0/s1. The molecule has 2 heterocycles. The van der Waals surface area contributed by atoms with Gasteiger partial charge >= 0.3 is 12.1 Å². The van der Waals surface area contributed by atoms with Crippen LogP contribution in [0.2, 0.25) is 0 Å². The van der Waals surface area contributed by atoms with Gasteiger partial charge in [-0.2, -0.15) is 0 Å². The number of methoxy groups -OCH3 is 1. The quantitative estimate of drug-likeness (QED) is 0.426. The predicted molar refractivity (Wildman–Crippen MR) is 134 cm³/mol. The molecule has 35 heavy (non-hydrogen) atoms. The Kier molecular flexibility index (Phi) is 5.99. The van der Waals surface area contributed by atoms with Gasteiger partial charge in [-0.25, -0.2) is 9.78 Å². The van der Waals surface area contributed by atoms with E-state index < -0.39 is 18.0 Å². The molecule has 0 aliphatic carbocycles. The zero-order valence-electron chi connectivity index (χ0n) is 19.7. The first-order valence-corrected chi connectivity index (χ1v) is 11.7. The number of para-hydroxylation sites is 1. The number of aromatic nitrogens is 2. The molecular weight excluding hydrogens is 442 g/mol. The van der Waals surface area contributed by atoms with Gasteiger partial charge in [0.05, 0.1) is 29.7 Å². The van der Waals surface area contributed by atoms with Crippen LogP contribution in [0.15, 0.2) is 72.8 Å². The number of benzene rings is 3. The van der Waals surface area contributed by atoms with Gasteiger partial charge in [0, 0.05) is 23.7 Å². The number of amides is 1. The number of ether oxygens (including phenoxy) is 1. The number of carbonyl (C=O) groups excluding carboxylic acids is 1. The van der Waals surface area contributed by atoms with Crippen LogP contribution in [-0.4, -0.2) is 39.9 Å². The molecule has 4 aromatic rings. The molecule has 1 aromatic heterocycles. The van der Waals surface area contributed by atoms with Crippen molar-refractivity contribution in [2.24, 2.45) is 0 Å². The molecule has 7 heteroatoms. The number of hydrogen-bond acceptors (Lipinski definition) is 4. The number of carboxylic acid groups (broad SMARTS) is 1. The van der Waals surface area contributed by atoms with E-state index in [1.807, 2.05) is 84.3 Å². The number of aliphatic carboxylic acids is 1. The van der Waals surface area contributed by atoms with E-state index in [1.165, 1.54) is 7.11 Å². The van der Waals surface area contributed by atoms with Crippen LogP contribution < -0.4 is 4.90 Å². The summed E-state index contributed by atoms with van der Waals surface area (Å²) in [5.74, 6) is -0.965. The molecule has 1 amide bonds. The van der Waals surface area contributed by atoms with Crippen molar-refractivity contribution in [2.45, 2.75) is 38.1 Å². The van der Waals surface area contributed by atoms with Gasteiger partial charge in [-0.05, 0) is 49.6 Å². The Morgan fingerprint density at radius 2 is 1.74 bits per heavy atom. The molecule has 1 N–H and O–H groups in total. The molecule has 7 nitrogen and oxygen atoms in total. The van der Waals surface area contributed by atoms with Crippen LogP contribution in [0, 0.1) is 0 Å². The minimum absolute atomic E-state index is 0.0116. The molecule has 0 saturated carbocycles. The second-order valence-corrected chi connectivity index (χ2v) is 8.86. The summed E-state index contributed by atoms with van der Waals surface area (Å²) >= 11 is 0. The Morgan fingerprint density at radius 3 is 2.40 bits per heavy atom. The predicted octanol–water partition coefficient (Wildman–Crippen LogP) is 5.34. The number of imidazole rings is 1. The first-order valence-electron chi connectivity index (χ1n) is 11.7. The fourth-order valence-corrected chi connectivity index (χ4v) is 5.02. The summed E-state index contributed by atoms with van der Waals surface area (Å²) < 4.78 is 7.09. The van der Waals surface area contributed by atoms with Crippen molar-refractivity contribution in [1.82, 2.24) is 9.55 Å². The Bertz CT molecular complexity index is 1380. The van der Waals surface area contributed by atoms with E-state index in [1.54, 1.807) is 4.90 Å². The maximum atomic E-state index is 12.6. The molecule has 0 saturated heterocycles. The number of fused-ring (bicyclic) bond motifs is 3. The summed E-state index contributed by atoms with van der Waals surface area (Å²) in [5, 5.41) is 10.1. The average molecular weight is 470 g/mol. The minimum atomic E-state index is -0.893. The number of hydrogen-bond donors (Lipinski definition) is 1. The number of rotatable bonds is 5. The second kappa shape index (κ2) is 9.25. The molecule has 1 aliphatic rings. The summed E-state index contributed by atoms with van der Waals surface area (Å²) in [6.45, 7) is 2.01. The van der Waals surface area contributed by atoms with Crippen molar-refractivity contribution in [3.05, 3.63) is 89.7 Å². The number of aryl methyl sites for hydroxylation is 1. The maximum Gasteiger partial charge on any atom is 0.414 e. The highest BCUT2D eigenvalue weighted by molar-refractivity contribution is 5.95. The molecule has 0 radical (unpaired) electrons. The van der Waals surface area contributed by atoms with Crippen LogP contribution >= 0.6 is 0 Å². The maximum absolute atomic E-state index is 12.6. The van der Waals surface area contributed by atoms with Gasteiger partial charge in [0.2, 0.25) is 0 Å². The monoisotopic (exact) mass is 469 g/mol. The molecule has 0 spiro atoms. The van der Waals surface area contributed by atoms with E-state index in [0.717, 1.165) is 46.4 Å². The van der Waals surface area contributed by atoms with Crippen molar-refractivity contribution in [2.75, 3.05) is 12.0 Å². The lowest BCUT2D eigenvalue weighted by Crippen LogP contribution is -2.42. The normalized spacial score (nSPS) is 16.1. The van der Waals surface area contributed by atoms with Crippen LogP contribution in [0.3, 0.4) is 0 Å². The van der Waals surface area contributed by atoms with Crippen LogP contribution in [0.4, 0.5) is 10.5 Å². The average Bonchev–Trinajstić information content (AvgIpc) is 3.26. The van der Waals surface area contributed by atoms with Gasteiger partial charge in [-0.1, -0.05) is 48.5 Å². The van der Waals surface area contributed by atoms with Crippen molar-refractivity contribution in [3.63, 3.8) is 0 Å². The van der Waals surface area contributed by atoms with Crippen molar-refractivity contribution < 1.29 is 19.4 Å². The minimum Gasteiger partial charge on any atom is -0.481 e. The Hall–Kier alpha value is -4.13. The molecule has 0 fully saturated rings. The zero-order valence-corrected chi connectivity index (χ0v) is 19.7. The molecule has 0 bridgehead atoms. The highest BCUT2D eigenvalue weighted by Crippen LogP contribution is 2.38. The summed E-state index contributed by atoms with van der Waals surface area (Å²) in [7, 11) is 1.39. The van der Waals surface area contributed by atoms with Crippen molar-refractivity contribution in [3.8, 4) is 5.69 Å². The molecular formula is C28H27N3O4. The van der Waals surface area contributed by atoms with Crippen molar-refractivity contribution in [1.29, 1.82) is 0 Å².